The maximum Gasteiger partial charge on any atom is 0.191 e. The van der Waals surface area contributed by atoms with Gasteiger partial charge in [0.2, 0.25) is 0 Å². The maximum absolute atomic E-state index is 5.78. The number of para-hydroxylation sites is 1. The molecule has 1 aromatic heterocycles. The largest absolute Gasteiger partial charge is 0.493 e. The minimum absolute atomic E-state index is 0.219. The molecule has 5 nitrogen and oxygen atoms in total. The number of unbranched alkanes of at least 4 members (excludes halogenated alkanes) is 1. The SMILES string of the molecule is CSCCCCN=C(NCCc1ccco1)NC1CCOc2ccccc21. The van der Waals surface area contributed by atoms with Crippen molar-refractivity contribution in [2.24, 2.45) is 4.99 Å². The molecule has 0 saturated carbocycles. The highest BCUT2D eigenvalue weighted by Gasteiger charge is 2.21. The van der Waals surface area contributed by atoms with Gasteiger partial charge >= 0.3 is 0 Å². The molecule has 0 fully saturated rings. The normalized spacial score (nSPS) is 16.5. The number of aliphatic imine (C=N–C) groups is 1. The Morgan fingerprint density at radius 3 is 3.00 bits per heavy atom. The molecule has 146 valence electrons. The zero-order chi connectivity index (χ0) is 18.7. The molecule has 6 heteroatoms. The molecule has 1 unspecified atom stereocenters. The predicted octanol–water partition coefficient (Wildman–Crippen LogP) is 4.02. The van der Waals surface area contributed by atoms with E-state index in [1.54, 1.807) is 6.26 Å². The number of furan rings is 1. The summed E-state index contributed by atoms with van der Waals surface area (Å²) in [5.74, 6) is 4.01. The van der Waals surface area contributed by atoms with Crippen LogP contribution in [0.25, 0.3) is 0 Å². The molecule has 2 aromatic rings. The fourth-order valence-corrected chi connectivity index (χ4v) is 3.61. The van der Waals surface area contributed by atoms with Crippen molar-refractivity contribution in [2.75, 3.05) is 31.7 Å². The molecule has 0 amide bonds. The monoisotopic (exact) mass is 387 g/mol. The van der Waals surface area contributed by atoms with Crippen molar-refractivity contribution in [3.63, 3.8) is 0 Å². The summed E-state index contributed by atoms with van der Waals surface area (Å²) in [6.45, 7) is 2.35. The van der Waals surface area contributed by atoms with Gasteiger partial charge in [0, 0.05) is 31.5 Å². The van der Waals surface area contributed by atoms with Crippen LogP contribution in [-0.4, -0.2) is 37.7 Å². The van der Waals surface area contributed by atoms with Crippen LogP contribution < -0.4 is 15.4 Å². The van der Waals surface area contributed by atoms with Crippen LogP contribution >= 0.6 is 11.8 Å². The zero-order valence-corrected chi connectivity index (χ0v) is 16.8. The fraction of sp³-hybridized carbons (Fsp3) is 0.476. The highest BCUT2D eigenvalue weighted by Crippen LogP contribution is 2.31. The second kappa shape index (κ2) is 10.9. The first-order valence-corrected chi connectivity index (χ1v) is 11.0. The smallest absolute Gasteiger partial charge is 0.191 e. The Labute approximate surface area is 166 Å². The topological polar surface area (TPSA) is 58.8 Å². The lowest BCUT2D eigenvalue weighted by atomic mass is 10.0. The second-order valence-electron chi connectivity index (χ2n) is 6.56. The van der Waals surface area contributed by atoms with Crippen molar-refractivity contribution in [3.05, 3.63) is 54.0 Å². The Balaban J connectivity index is 1.59. The fourth-order valence-electron chi connectivity index (χ4n) is 3.12. The van der Waals surface area contributed by atoms with E-state index in [9.17, 15) is 0 Å². The van der Waals surface area contributed by atoms with E-state index >= 15 is 0 Å². The van der Waals surface area contributed by atoms with E-state index in [2.05, 4.69) is 29.0 Å². The van der Waals surface area contributed by atoms with Gasteiger partial charge in [-0.15, -0.1) is 0 Å². The van der Waals surface area contributed by atoms with Gasteiger partial charge in [0.25, 0.3) is 0 Å². The van der Waals surface area contributed by atoms with Gasteiger partial charge in [0.15, 0.2) is 5.96 Å². The van der Waals surface area contributed by atoms with E-state index in [4.69, 9.17) is 14.1 Å². The number of ether oxygens (including phenoxy) is 1. The molecule has 0 spiro atoms. The minimum atomic E-state index is 0.219. The molecule has 2 heterocycles. The Hall–Kier alpha value is -2.08. The van der Waals surface area contributed by atoms with Gasteiger partial charge in [-0.1, -0.05) is 18.2 Å². The molecule has 0 radical (unpaired) electrons. The van der Waals surface area contributed by atoms with E-state index < -0.39 is 0 Å². The third-order valence-electron chi connectivity index (χ3n) is 4.54. The predicted molar refractivity (Wildman–Crippen MR) is 113 cm³/mol. The van der Waals surface area contributed by atoms with E-state index in [-0.39, 0.29) is 6.04 Å². The highest BCUT2D eigenvalue weighted by molar-refractivity contribution is 7.98. The number of hydrogen-bond acceptors (Lipinski definition) is 4. The number of thioether (sulfide) groups is 1. The number of hydrogen-bond donors (Lipinski definition) is 2. The lowest BCUT2D eigenvalue weighted by Gasteiger charge is -2.28. The molecule has 1 aromatic carbocycles. The summed E-state index contributed by atoms with van der Waals surface area (Å²) in [6, 6.07) is 12.4. The summed E-state index contributed by atoms with van der Waals surface area (Å²) in [4.78, 5) is 4.80. The van der Waals surface area contributed by atoms with Gasteiger partial charge in [-0.3, -0.25) is 4.99 Å². The summed E-state index contributed by atoms with van der Waals surface area (Å²) in [5, 5.41) is 7.07. The van der Waals surface area contributed by atoms with Gasteiger partial charge in [-0.25, -0.2) is 0 Å². The molecule has 2 N–H and O–H groups in total. The molecule has 0 aliphatic carbocycles. The van der Waals surface area contributed by atoms with Crippen LogP contribution in [0.5, 0.6) is 5.75 Å². The molecule has 0 saturated heterocycles. The number of fused-ring (bicyclic) bond motifs is 1. The van der Waals surface area contributed by atoms with Crippen molar-refractivity contribution < 1.29 is 9.15 Å². The lowest BCUT2D eigenvalue weighted by molar-refractivity contribution is 0.261. The average molecular weight is 388 g/mol. The van der Waals surface area contributed by atoms with Crippen molar-refractivity contribution in [3.8, 4) is 5.75 Å². The van der Waals surface area contributed by atoms with E-state index in [0.717, 1.165) is 56.4 Å². The Morgan fingerprint density at radius 1 is 1.22 bits per heavy atom. The van der Waals surface area contributed by atoms with Gasteiger partial charge in [-0.2, -0.15) is 11.8 Å². The van der Waals surface area contributed by atoms with Gasteiger partial charge < -0.3 is 19.8 Å². The maximum atomic E-state index is 5.78. The van der Waals surface area contributed by atoms with Crippen LogP contribution in [0.4, 0.5) is 0 Å². The molecular weight excluding hydrogens is 358 g/mol. The quantitative estimate of drug-likeness (QED) is 0.387. The van der Waals surface area contributed by atoms with E-state index in [0.29, 0.717) is 0 Å². The molecule has 3 rings (SSSR count). The van der Waals surface area contributed by atoms with Gasteiger partial charge in [-0.05, 0) is 43.0 Å². The second-order valence-corrected chi connectivity index (χ2v) is 7.54. The van der Waals surface area contributed by atoms with Crippen LogP contribution in [0, 0.1) is 0 Å². The van der Waals surface area contributed by atoms with Gasteiger partial charge in [0.1, 0.15) is 11.5 Å². The Kier molecular flexibility index (Phi) is 7.96. The summed E-state index contributed by atoms with van der Waals surface area (Å²) < 4.78 is 11.2. The minimum Gasteiger partial charge on any atom is -0.493 e. The van der Waals surface area contributed by atoms with E-state index in [1.165, 1.54) is 17.7 Å². The molecule has 27 heavy (non-hydrogen) atoms. The zero-order valence-electron chi connectivity index (χ0n) is 15.9. The first kappa shape index (κ1) is 19.7. The molecule has 1 atom stereocenters. The summed E-state index contributed by atoms with van der Waals surface area (Å²) in [6.07, 6.45) is 7.94. The average Bonchev–Trinajstić information content (AvgIpc) is 3.21. The van der Waals surface area contributed by atoms with Crippen LogP contribution in [0.3, 0.4) is 0 Å². The van der Waals surface area contributed by atoms with Gasteiger partial charge in [0.05, 0.1) is 18.9 Å². The van der Waals surface area contributed by atoms with Crippen molar-refractivity contribution in [2.45, 2.75) is 31.7 Å². The first-order chi connectivity index (χ1) is 13.4. The van der Waals surface area contributed by atoms with Crippen LogP contribution in [0.1, 0.15) is 36.6 Å². The van der Waals surface area contributed by atoms with Crippen LogP contribution in [0.2, 0.25) is 0 Å². The summed E-state index contributed by atoms with van der Waals surface area (Å²) in [7, 11) is 0. The number of guanidine groups is 1. The Bertz CT molecular complexity index is 703. The summed E-state index contributed by atoms with van der Waals surface area (Å²) in [5.41, 5.74) is 1.20. The third-order valence-corrected chi connectivity index (χ3v) is 5.24. The highest BCUT2D eigenvalue weighted by atomic mass is 32.2. The number of benzene rings is 1. The number of nitrogens with zero attached hydrogens (tertiary/aromatic N) is 1. The van der Waals surface area contributed by atoms with Crippen LogP contribution in [0.15, 0.2) is 52.1 Å². The van der Waals surface area contributed by atoms with Crippen molar-refractivity contribution >= 4 is 17.7 Å². The van der Waals surface area contributed by atoms with E-state index in [1.807, 2.05) is 36.0 Å². The Morgan fingerprint density at radius 2 is 2.15 bits per heavy atom. The standard InChI is InChI=1S/C21H29N3O2S/c1-27-16-5-4-12-22-21(23-13-10-17-7-6-14-25-17)24-19-11-15-26-20-9-3-2-8-18(19)20/h2-3,6-9,14,19H,4-5,10-13,15-16H2,1H3,(H2,22,23,24). The van der Waals surface area contributed by atoms with Crippen molar-refractivity contribution in [1.29, 1.82) is 0 Å². The molecule has 1 aliphatic heterocycles. The lowest BCUT2D eigenvalue weighted by Crippen LogP contribution is -2.42. The molecular formula is C21H29N3O2S. The van der Waals surface area contributed by atoms with Crippen LogP contribution in [-0.2, 0) is 6.42 Å². The van der Waals surface area contributed by atoms with Crippen molar-refractivity contribution in [1.82, 2.24) is 10.6 Å². The number of nitrogens with one attached hydrogen (secondary N) is 2. The molecule has 1 aliphatic rings. The third kappa shape index (κ3) is 6.24. The molecule has 0 bridgehead atoms. The summed E-state index contributed by atoms with van der Waals surface area (Å²) >= 11 is 1.89. The number of rotatable bonds is 9. The first-order valence-electron chi connectivity index (χ1n) is 9.64.